The first-order valence-corrected chi connectivity index (χ1v) is 12.7. The zero-order valence-corrected chi connectivity index (χ0v) is 23.9. The third-order valence-electron chi connectivity index (χ3n) is 4.57. The van der Waals surface area contributed by atoms with Crippen molar-refractivity contribution in [2.24, 2.45) is 9.98 Å². The average Bonchev–Trinajstić information content (AvgIpc) is 2.65. The van der Waals surface area contributed by atoms with Crippen LogP contribution in [0.15, 0.2) is 34.3 Å². The summed E-state index contributed by atoms with van der Waals surface area (Å²) < 4.78 is -6.15. The number of amidine groups is 2. The van der Waals surface area contributed by atoms with Crippen LogP contribution in [0.1, 0.15) is 25.0 Å². The zero-order chi connectivity index (χ0) is 24.5. The second-order valence-electron chi connectivity index (χ2n) is 6.71. The molecular weight excluding hydrogens is 603 g/mol. The van der Waals surface area contributed by atoms with Gasteiger partial charge in [0.1, 0.15) is 6.17 Å². The molecular formula is C19H19Cl9N4. The predicted octanol–water partition coefficient (Wildman–Crippen LogP) is 8.36. The molecule has 0 N–H and O–H groups in total. The van der Waals surface area contributed by atoms with Crippen LogP contribution in [0, 0.1) is 6.92 Å². The molecule has 1 atom stereocenters. The SMILES string of the molecule is CCN(CC)c1ccc(C=CC2N=C(C(Cl)(Cl)Cl)N=C(C(Cl)(Cl)Cl)N2C(Cl)(Cl)Cl)c(C)c1. The molecule has 0 radical (unpaired) electrons. The minimum atomic E-state index is -2.09. The Morgan fingerprint density at radius 2 is 1.56 bits per heavy atom. The number of halogens is 9. The van der Waals surface area contributed by atoms with Gasteiger partial charge in [0.05, 0.1) is 0 Å². The Morgan fingerprint density at radius 1 is 0.969 bits per heavy atom. The monoisotopic (exact) mass is 618 g/mol. The molecule has 1 aromatic carbocycles. The Kier molecular flexibility index (Phi) is 9.93. The predicted molar refractivity (Wildman–Crippen MR) is 145 cm³/mol. The van der Waals surface area contributed by atoms with E-state index < -0.39 is 17.7 Å². The molecule has 2 rings (SSSR count). The van der Waals surface area contributed by atoms with E-state index in [0.717, 1.165) is 34.8 Å². The molecule has 0 aromatic heterocycles. The zero-order valence-electron chi connectivity index (χ0n) is 17.1. The molecule has 1 aliphatic rings. The van der Waals surface area contributed by atoms with Crippen molar-refractivity contribution in [3.8, 4) is 0 Å². The van der Waals surface area contributed by atoms with E-state index in [1.807, 2.05) is 19.1 Å². The largest absolute Gasteiger partial charge is 0.372 e. The number of aliphatic imine (C=N–C) groups is 2. The number of alkyl halides is 9. The summed E-state index contributed by atoms with van der Waals surface area (Å²) in [6.07, 6.45) is 2.46. The number of hydrogen-bond donors (Lipinski definition) is 0. The van der Waals surface area contributed by atoms with Crippen molar-refractivity contribution >= 4 is 128 Å². The van der Waals surface area contributed by atoms with Gasteiger partial charge in [-0.25, -0.2) is 9.98 Å². The van der Waals surface area contributed by atoms with Crippen LogP contribution in [0.4, 0.5) is 5.69 Å². The Balaban J connectivity index is 2.52. The molecule has 0 amide bonds. The van der Waals surface area contributed by atoms with E-state index in [2.05, 4.69) is 34.8 Å². The molecule has 0 fully saturated rings. The lowest BCUT2D eigenvalue weighted by molar-refractivity contribution is 0.361. The van der Waals surface area contributed by atoms with Gasteiger partial charge in [-0.15, -0.1) is 0 Å². The van der Waals surface area contributed by atoms with Crippen molar-refractivity contribution in [2.45, 2.75) is 38.4 Å². The van der Waals surface area contributed by atoms with E-state index in [1.54, 1.807) is 12.2 Å². The first-order chi connectivity index (χ1) is 14.6. The van der Waals surface area contributed by atoms with Crippen LogP contribution in [0.3, 0.4) is 0 Å². The number of aryl methyl sites for hydroxylation is 1. The molecule has 1 aliphatic heterocycles. The third kappa shape index (κ3) is 7.26. The highest BCUT2D eigenvalue weighted by Gasteiger charge is 2.48. The maximum atomic E-state index is 6.16. The van der Waals surface area contributed by atoms with Crippen LogP contribution >= 0.6 is 104 Å². The molecule has 4 nitrogen and oxygen atoms in total. The van der Waals surface area contributed by atoms with Crippen LogP contribution in [0.25, 0.3) is 6.08 Å². The fourth-order valence-electron chi connectivity index (χ4n) is 3.05. The lowest BCUT2D eigenvalue weighted by Gasteiger charge is -2.40. The number of anilines is 1. The van der Waals surface area contributed by atoms with Gasteiger partial charge >= 0.3 is 0 Å². The first kappa shape index (κ1) is 28.7. The van der Waals surface area contributed by atoms with Gasteiger partial charge in [-0.05, 0) is 50.1 Å². The fourth-order valence-corrected chi connectivity index (χ4v) is 4.26. The number of benzene rings is 1. The molecule has 13 heteroatoms. The summed E-state index contributed by atoms with van der Waals surface area (Å²) in [6.45, 7) is 8.00. The Bertz CT molecular complexity index is 907. The van der Waals surface area contributed by atoms with Crippen molar-refractivity contribution in [3.05, 3.63) is 35.4 Å². The average molecular weight is 622 g/mol. The van der Waals surface area contributed by atoms with Crippen LogP contribution in [-0.4, -0.2) is 47.3 Å². The molecule has 1 aromatic rings. The summed E-state index contributed by atoms with van der Waals surface area (Å²) in [6, 6.07) is 6.09. The van der Waals surface area contributed by atoms with E-state index in [9.17, 15) is 0 Å². The standard InChI is InChI=1S/C19H19Cl9N4/c1-4-31(5-2)13-8-6-12(11(3)10-13)7-9-14-29-15(17(20,21)22)30-16(18(23,24)25)32(14)19(26,27)28/h6-10,14H,4-5H2,1-3H3. The molecule has 1 unspecified atom stereocenters. The molecule has 178 valence electrons. The van der Waals surface area contributed by atoms with Gasteiger partial charge in [-0.2, -0.15) is 0 Å². The van der Waals surface area contributed by atoms with Crippen LogP contribution in [0.2, 0.25) is 0 Å². The topological polar surface area (TPSA) is 31.2 Å². The van der Waals surface area contributed by atoms with E-state index >= 15 is 0 Å². The smallest absolute Gasteiger partial charge is 0.271 e. The Morgan fingerprint density at radius 3 is 2.00 bits per heavy atom. The maximum Gasteiger partial charge on any atom is 0.271 e. The molecule has 0 spiro atoms. The highest BCUT2D eigenvalue weighted by Crippen LogP contribution is 2.43. The van der Waals surface area contributed by atoms with Crippen molar-refractivity contribution in [1.82, 2.24) is 4.90 Å². The van der Waals surface area contributed by atoms with Crippen LogP contribution < -0.4 is 4.90 Å². The Labute approximate surface area is 233 Å². The number of nitrogens with zero attached hydrogens (tertiary/aromatic N) is 4. The van der Waals surface area contributed by atoms with Crippen molar-refractivity contribution in [3.63, 3.8) is 0 Å². The van der Waals surface area contributed by atoms with Gasteiger partial charge < -0.3 is 4.90 Å². The highest BCUT2D eigenvalue weighted by molar-refractivity contribution is 6.79. The molecule has 0 bridgehead atoms. The number of hydrogen-bond acceptors (Lipinski definition) is 4. The summed E-state index contributed by atoms with van der Waals surface area (Å²) >= 11 is 54.7. The van der Waals surface area contributed by atoms with Gasteiger partial charge in [0.25, 0.3) is 3.92 Å². The van der Waals surface area contributed by atoms with Crippen molar-refractivity contribution < 1.29 is 0 Å². The quantitative estimate of drug-likeness (QED) is 0.244. The highest BCUT2D eigenvalue weighted by atomic mass is 35.6. The van der Waals surface area contributed by atoms with Crippen molar-refractivity contribution in [1.29, 1.82) is 0 Å². The van der Waals surface area contributed by atoms with E-state index in [0.29, 0.717) is 0 Å². The summed E-state index contributed by atoms with van der Waals surface area (Å²) in [5, 5.41) is 0. The van der Waals surface area contributed by atoms with Gasteiger partial charge in [0.15, 0.2) is 11.7 Å². The van der Waals surface area contributed by atoms with Crippen LogP contribution in [0.5, 0.6) is 0 Å². The molecule has 0 aliphatic carbocycles. The Hall–Kier alpha value is 0.510. The third-order valence-corrected chi connectivity index (χ3v) is 6.13. The maximum absolute atomic E-state index is 6.16. The molecule has 0 saturated heterocycles. The second kappa shape index (κ2) is 11.1. The lowest BCUT2D eigenvalue weighted by Crippen LogP contribution is -2.54. The summed E-state index contributed by atoms with van der Waals surface area (Å²) in [5.41, 5.74) is 3.06. The minimum absolute atomic E-state index is 0.211. The van der Waals surface area contributed by atoms with Gasteiger partial charge in [0.2, 0.25) is 7.59 Å². The van der Waals surface area contributed by atoms with Gasteiger partial charge in [-0.3, -0.25) is 4.90 Å². The normalized spacial score (nSPS) is 18.1. The minimum Gasteiger partial charge on any atom is -0.372 e. The molecule has 0 saturated carbocycles. The van der Waals surface area contributed by atoms with Crippen molar-refractivity contribution in [2.75, 3.05) is 18.0 Å². The lowest BCUT2D eigenvalue weighted by atomic mass is 10.1. The van der Waals surface area contributed by atoms with Crippen LogP contribution in [-0.2, 0) is 0 Å². The second-order valence-corrected chi connectivity index (χ2v) is 13.5. The summed E-state index contributed by atoms with van der Waals surface area (Å²) in [5.74, 6) is -0.459. The molecule has 1 heterocycles. The van der Waals surface area contributed by atoms with Gasteiger partial charge in [-0.1, -0.05) is 117 Å². The van der Waals surface area contributed by atoms with E-state index in [4.69, 9.17) is 104 Å². The van der Waals surface area contributed by atoms with E-state index in [-0.39, 0.29) is 11.7 Å². The summed E-state index contributed by atoms with van der Waals surface area (Å²) in [7, 11) is 0. The molecule has 32 heavy (non-hydrogen) atoms. The number of rotatable bonds is 5. The van der Waals surface area contributed by atoms with Gasteiger partial charge in [0, 0.05) is 18.8 Å². The first-order valence-electron chi connectivity index (χ1n) is 9.30. The van der Waals surface area contributed by atoms with E-state index in [1.165, 1.54) is 0 Å². The fraction of sp³-hybridized carbons (Fsp3) is 0.474. The summed E-state index contributed by atoms with van der Waals surface area (Å²) in [4.78, 5) is 11.7.